The predicted octanol–water partition coefficient (Wildman–Crippen LogP) is 5.12. The molecule has 4 rings (SSSR count). The highest BCUT2D eigenvalue weighted by molar-refractivity contribution is 5.91. The number of hydrogen-bond acceptors (Lipinski definition) is 5. The Hall–Kier alpha value is -3.67. The summed E-state index contributed by atoms with van der Waals surface area (Å²) in [5, 5.41) is 2.76. The Morgan fingerprint density at radius 3 is 2.59 bits per heavy atom. The van der Waals surface area contributed by atoms with E-state index in [0.717, 1.165) is 11.1 Å². The number of ether oxygens (including phenoxy) is 1. The minimum Gasteiger partial charge on any atom is -0.434 e. The van der Waals surface area contributed by atoms with Crippen molar-refractivity contribution < 1.29 is 13.9 Å². The topological polar surface area (TPSA) is 77.2 Å². The lowest BCUT2D eigenvalue weighted by Crippen LogP contribution is -2.17. The number of amides is 1. The molecule has 0 aliphatic heterocycles. The van der Waals surface area contributed by atoms with Crippen LogP contribution in [0.5, 0.6) is 5.75 Å². The molecule has 0 aliphatic carbocycles. The normalized spacial score (nSPS) is 10.7. The highest BCUT2D eigenvalue weighted by Crippen LogP contribution is 2.29. The van der Waals surface area contributed by atoms with Crippen LogP contribution in [0.4, 0.5) is 10.5 Å². The average molecular weight is 359 g/mol. The van der Waals surface area contributed by atoms with Crippen molar-refractivity contribution in [3.63, 3.8) is 0 Å². The van der Waals surface area contributed by atoms with E-state index in [2.05, 4.69) is 15.3 Å². The van der Waals surface area contributed by atoms with Crippen molar-refractivity contribution >= 4 is 23.0 Å². The van der Waals surface area contributed by atoms with Gasteiger partial charge in [0.1, 0.15) is 5.75 Å². The molecule has 27 heavy (non-hydrogen) atoms. The van der Waals surface area contributed by atoms with Crippen molar-refractivity contribution in [2.45, 2.75) is 13.8 Å². The summed E-state index contributed by atoms with van der Waals surface area (Å²) in [4.78, 5) is 20.9. The predicted molar refractivity (Wildman–Crippen MR) is 103 cm³/mol. The van der Waals surface area contributed by atoms with Crippen molar-refractivity contribution in [2.75, 3.05) is 5.32 Å². The second-order valence-electron chi connectivity index (χ2n) is 6.23. The Morgan fingerprint density at radius 2 is 1.81 bits per heavy atom. The van der Waals surface area contributed by atoms with Crippen LogP contribution in [0.2, 0.25) is 0 Å². The molecular formula is C21H17N3O3. The van der Waals surface area contributed by atoms with Gasteiger partial charge in [0.25, 0.3) is 0 Å². The van der Waals surface area contributed by atoms with Crippen molar-refractivity contribution in [3.8, 4) is 17.2 Å². The summed E-state index contributed by atoms with van der Waals surface area (Å²) >= 11 is 0. The summed E-state index contributed by atoms with van der Waals surface area (Å²) in [7, 11) is 0. The van der Waals surface area contributed by atoms with Gasteiger partial charge in [0.15, 0.2) is 11.2 Å². The Labute approximate surface area is 155 Å². The third-order valence-electron chi connectivity index (χ3n) is 3.96. The molecule has 2 aromatic carbocycles. The minimum absolute atomic E-state index is 0.381. The van der Waals surface area contributed by atoms with Crippen LogP contribution < -0.4 is 10.1 Å². The van der Waals surface area contributed by atoms with E-state index in [1.165, 1.54) is 0 Å². The minimum atomic E-state index is -0.582. The van der Waals surface area contributed by atoms with Crippen LogP contribution >= 0.6 is 0 Å². The molecule has 0 saturated heterocycles. The maximum absolute atomic E-state index is 12.4. The van der Waals surface area contributed by atoms with Crippen LogP contribution in [-0.2, 0) is 0 Å². The molecule has 1 amide bonds. The largest absolute Gasteiger partial charge is 0.434 e. The lowest BCUT2D eigenvalue weighted by molar-refractivity contribution is 0.215. The SMILES string of the molecule is Cc1cc(C)cc(OC(=O)Nc2ccccc2-c2nc3ncccc3o2)c1. The highest BCUT2D eigenvalue weighted by Gasteiger charge is 2.15. The zero-order chi connectivity index (χ0) is 18.8. The van der Waals surface area contributed by atoms with Gasteiger partial charge in [-0.3, -0.25) is 5.32 Å². The summed E-state index contributed by atoms with van der Waals surface area (Å²) in [6, 6.07) is 16.5. The Balaban J connectivity index is 1.60. The average Bonchev–Trinajstić information content (AvgIpc) is 3.05. The highest BCUT2D eigenvalue weighted by atomic mass is 16.6. The first-order valence-corrected chi connectivity index (χ1v) is 8.46. The monoisotopic (exact) mass is 359 g/mol. The molecule has 2 heterocycles. The molecule has 4 aromatic rings. The summed E-state index contributed by atoms with van der Waals surface area (Å²) in [5.41, 5.74) is 4.33. The van der Waals surface area contributed by atoms with Crippen molar-refractivity contribution in [1.29, 1.82) is 0 Å². The molecule has 1 N–H and O–H groups in total. The first kappa shape index (κ1) is 16.8. The molecule has 2 aromatic heterocycles. The number of aromatic nitrogens is 2. The molecule has 134 valence electrons. The zero-order valence-corrected chi connectivity index (χ0v) is 14.9. The molecule has 6 nitrogen and oxygen atoms in total. The molecule has 0 radical (unpaired) electrons. The van der Waals surface area contributed by atoms with Crippen molar-refractivity contribution in [3.05, 3.63) is 71.9 Å². The number of oxazole rings is 1. The summed E-state index contributed by atoms with van der Waals surface area (Å²) < 4.78 is 11.2. The van der Waals surface area contributed by atoms with E-state index >= 15 is 0 Å². The molecule has 0 unspecified atom stereocenters. The number of carbonyl (C=O) groups is 1. The van der Waals surface area contributed by atoms with Gasteiger partial charge in [-0.1, -0.05) is 18.2 Å². The van der Waals surface area contributed by atoms with Gasteiger partial charge in [0, 0.05) is 6.20 Å². The van der Waals surface area contributed by atoms with Gasteiger partial charge in [-0.2, -0.15) is 4.98 Å². The summed E-state index contributed by atoms with van der Waals surface area (Å²) in [6.45, 7) is 3.91. The molecule has 0 atom stereocenters. The first-order valence-electron chi connectivity index (χ1n) is 8.46. The quantitative estimate of drug-likeness (QED) is 0.549. The van der Waals surface area contributed by atoms with Gasteiger partial charge >= 0.3 is 6.09 Å². The molecule has 0 aliphatic rings. The molecule has 0 bridgehead atoms. The Kier molecular flexibility index (Phi) is 4.30. The Morgan fingerprint density at radius 1 is 1.04 bits per heavy atom. The van der Waals surface area contributed by atoms with Crippen LogP contribution in [0, 0.1) is 13.8 Å². The third kappa shape index (κ3) is 3.64. The van der Waals surface area contributed by atoms with E-state index in [1.54, 1.807) is 24.4 Å². The van der Waals surface area contributed by atoms with E-state index in [1.807, 2.05) is 50.2 Å². The second-order valence-corrected chi connectivity index (χ2v) is 6.23. The molecule has 0 saturated carbocycles. The van der Waals surface area contributed by atoms with Gasteiger partial charge in [-0.25, -0.2) is 9.78 Å². The van der Waals surface area contributed by atoms with Gasteiger partial charge in [-0.15, -0.1) is 0 Å². The van der Waals surface area contributed by atoms with Crippen molar-refractivity contribution in [1.82, 2.24) is 9.97 Å². The zero-order valence-electron chi connectivity index (χ0n) is 14.9. The number of rotatable bonds is 3. The fraction of sp³-hybridized carbons (Fsp3) is 0.0952. The van der Waals surface area contributed by atoms with Crippen LogP contribution in [0.25, 0.3) is 22.7 Å². The Bertz CT molecular complexity index is 1080. The van der Waals surface area contributed by atoms with Crippen molar-refractivity contribution in [2.24, 2.45) is 0 Å². The number of para-hydroxylation sites is 1. The fourth-order valence-electron chi connectivity index (χ4n) is 2.90. The fourth-order valence-corrected chi connectivity index (χ4v) is 2.90. The van der Waals surface area contributed by atoms with Crippen LogP contribution in [0.15, 0.2) is 65.2 Å². The number of carbonyl (C=O) groups excluding carboxylic acids is 1. The molecule has 0 fully saturated rings. The number of aryl methyl sites for hydroxylation is 2. The number of pyridine rings is 1. The lowest BCUT2D eigenvalue weighted by atomic mass is 10.1. The van der Waals surface area contributed by atoms with Crippen LogP contribution in [-0.4, -0.2) is 16.1 Å². The van der Waals surface area contributed by atoms with Crippen LogP contribution in [0.1, 0.15) is 11.1 Å². The first-order chi connectivity index (χ1) is 13.1. The lowest BCUT2D eigenvalue weighted by Gasteiger charge is -2.10. The summed E-state index contributed by atoms with van der Waals surface area (Å²) in [5.74, 6) is 0.875. The van der Waals surface area contributed by atoms with E-state index < -0.39 is 6.09 Å². The van der Waals surface area contributed by atoms with E-state index in [0.29, 0.717) is 34.1 Å². The van der Waals surface area contributed by atoms with E-state index in [9.17, 15) is 4.79 Å². The molecular weight excluding hydrogens is 342 g/mol. The smallest absolute Gasteiger partial charge is 0.417 e. The van der Waals surface area contributed by atoms with E-state index in [4.69, 9.17) is 9.15 Å². The number of fused-ring (bicyclic) bond motifs is 1. The van der Waals surface area contributed by atoms with Gasteiger partial charge in [0.2, 0.25) is 5.89 Å². The van der Waals surface area contributed by atoms with Gasteiger partial charge in [0.05, 0.1) is 11.3 Å². The molecule has 6 heteroatoms. The standard InChI is InChI=1S/C21H17N3O3/c1-13-10-14(2)12-15(11-13)26-21(25)23-17-7-4-3-6-16(17)20-24-19-18(27-20)8-5-9-22-19/h3-12H,1-2H3,(H,23,25). The third-order valence-corrected chi connectivity index (χ3v) is 3.96. The van der Waals surface area contributed by atoms with Crippen LogP contribution in [0.3, 0.4) is 0 Å². The number of benzene rings is 2. The number of hydrogen-bond donors (Lipinski definition) is 1. The van der Waals surface area contributed by atoms with Gasteiger partial charge in [-0.05, 0) is 61.4 Å². The maximum Gasteiger partial charge on any atom is 0.417 e. The number of nitrogens with zero attached hydrogens (tertiary/aromatic N) is 2. The maximum atomic E-state index is 12.4. The summed E-state index contributed by atoms with van der Waals surface area (Å²) in [6.07, 6.45) is 1.07. The number of anilines is 1. The van der Waals surface area contributed by atoms with Gasteiger partial charge < -0.3 is 9.15 Å². The second kappa shape index (κ2) is 6.92. The number of nitrogens with one attached hydrogen (secondary N) is 1. The van der Waals surface area contributed by atoms with E-state index in [-0.39, 0.29) is 0 Å². The molecule has 0 spiro atoms.